The molecule has 0 aliphatic heterocycles. The molecule has 1 atom stereocenters. The van der Waals surface area contributed by atoms with Gasteiger partial charge in [-0.15, -0.1) is 0 Å². The van der Waals surface area contributed by atoms with Crippen molar-refractivity contribution >= 4 is 6.21 Å². The highest BCUT2D eigenvalue weighted by atomic mass is 16.5. The largest absolute Gasteiger partial charge is 0.496 e. The molecule has 0 bridgehead atoms. The van der Waals surface area contributed by atoms with Crippen molar-refractivity contribution in [3.05, 3.63) is 59.9 Å². The zero-order valence-corrected chi connectivity index (χ0v) is 10.6. The predicted molar refractivity (Wildman–Crippen MR) is 73.2 cm³/mol. The maximum Gasteiger partial charge on any atom is 0.124 e. The van der Waals surface area contributed by atoms with E-state index in [0.717, 1.165) is 16.9 Å². The topological polar surface area (TPSA) is 34.5 Å². The van der Waals surface area contributed by atoms with Crippen LogP contribution in [0.4, 0.5) is 0 Å². The van der Waals surface area contributed by atoms with Gasteiger partial charge in [-0.1, -0.05) is 18.2 Å². The minimum Gasteiger partial charge on any atom is -0.496 e. The van der Waals surface area contributed by atoms with Crippen LogP contribution in [0.5, 0.6) is 5.75 Å². The van der Waals surface area contributed by atoms with Crippen molar-refractivity contribution in [2.45, 2.75) is 13.0 Å². The van der Waals surface area contributed by atoms with E-state index in [0.29, 0.717) is 0 Å². The Labute approximate surface area is 107 Å². The van der Waals surface area contributed by atoms with E-state index in [1.165, 1.54) is 0 Å². The minimum atomic E-state index is 0.0642. The second kappa shape index (κ2) is 5.96. The molecule has 0 amide bonds. The Balaban J connectivity index is 2.17. The minimum absolute atomic E-state index is 0.0642. The average Bonchev–Trinajstić information content (AvgIpc) is 2.45. The molecule has 0 N–H and O–H groups in total. The van der Waals surface area contributed by atoms with E-state index in [2.05, 4.69) is 16.9 Å². The third kappa shape index (κ3) is 2.94. The summed E-state index contributed by atoms with van der Waals surface area (Å²) in [6.07, 6.45) is 5.38. The first-order chi connectivity index (χ1) is 8.81. The third-order valence-corrected chi connectivity index (χ3v) is 2.74. The summed E-state index contributed by atoms with van der Waals surface area (Å²) in [7, 11) is 1.68. The lowest BCUT2D eigenvalue weighted by molar-refractivity contribution is 0.407. The van der Waals surface area contributed by atoms with Crippen LogP contribution in [-0.4, -0.2) is 18.3 Å². The van der Waals surface area contributed by atoms with E-state index in [9.17, 15) is 0 Å². The summed E-state index contributed by atoms with van der Waals surface area (Å²) in [6, 6.07) is 11.9. The lowest BCUT2D eigenvalue weighted by atomic mass is 10.1. The monoisotopic (exact) mass is 240 g/mol. The van der Waals surface area contributed by atoms with Crippen LogP contribution >= 0.6 is 0 Å². The molecular formula is C15H16N2O. The highest BCUT2D eigenvalue weighted by Gasteiger charge is 2.08. The molecule has 1 unspecified atom stereocenters. The summed E-state index contributed by atoms with van der Waals surface area (Å²) in [6.45, 7) is 2.05. The van der Waals surface area contributed by atoms with Crippen molar-refractivity contribution in [2.75, 3.05) is 7.11 Å². The standard InChI is InChI=1S/C15H16N2O/c1-12(14-5-3-4-6-15(14)18-2)17-11-13-7-9-16-10-8-13/h3-12H,1-2H3/b17-11+. The molecule has 0 aliphatic carbocycles. The van der Waals surface area contributed by atoms with Gasteiger partial charge in [-0.05, 0) is 30.7 Å². The van der Waals surface area contributed by atoms with E-state index in [1.54, 1.807) is 19.5 Å². The first kappa shape index (κ1) is 12.3. The fraction of sp³-hybridized carbons (Fsp3) is 0.200. The number of para-hydroxylation sites is 1. The summed E-state index contributed by atoms with van der Waals surface area (Å²) in [5.74, 6) is 0.872. The Kier molecular flexibility index (Phi) is 4.07. The molecular weight excluding hydrogens is 224 g/mol. The maximum atomic E-state index is 5.33. The van der Waals surface area contributed by atoms with Gasteiger partial charge in [0.2, 0.25) is 0 Å². The van der Waals surface area contributed by atoms with Crippen LogP contribution in [-0.2, 0) is 0 Å². The normalized spacial score (nSPS) is 12.6. The Morgan fingerprint density at radius 2 is 1.89 bits per heavy atom. The van der Waals surface area contributed by atoms with Crippen molar-refractivity contribution in [1.29, 1.82) is 0 Å². The fourth-order valence-corrected chi connectivity index (χ4v) is 1.74. The van der Waals surface area contributed by atoms with Crippen molar-refractivity contribution < 1.29 is 4.74 Å². The Morgan fingerprint density at radius 3 is 2.61 bits per heavy atom. The number of aliphatic imine (C=N–C) groups is 1. The SMILES string of the molecule is COc1ccccc1C(C)/N=C/c1ccncc1. The van der Waals surface area contributed by atoms with Crippen molar-refractivity contribution in [3.8, 4) is 5.75 Å². The van der Waals surface area contributed by atoms with E-state index in [4.69, 9.17) is 4.74 Å². The molecule has 0 radical (unpaired) electrons. The van der Waals surface area contributed by atoms with Crippen LogP contribution in [0.25, 0.3) is 0 Å². The number of aromatic nitrogens is 1. The summed E-state index contributed by atoms with van der Waals surface area (Å²) in [5.41, 5.74) is 2.14. The molecule has 3 nitrogen and oxygen atoms in total. The molecule has 92 valence electrons. The number of hydrogen-bond donors (Lipinski definition) is 0. The highest BCUT2D eigenvalue weighted by molar-refractivity contribution is 5.79. The molecule has 3 heteroatoms. The first-order valence-corrected chi connectivity index (χ1v) is 5.87. The molecule has 0 fully saturated rings. The number of ether oxygens (including phenoxy) is 1. The number of hydrogen-bond acceptors (Lipinski definition) is 3. The number of nitrogens with zero attached hydrogens (tertiary/aromatic N) is 2. The summed E-state index contributed by atoms with van der Waals surface area (Å²) >= 11 is 0. The summed E-state index contributed by atoms with van der Waals surface area (Å²) < 4.78 is 5.33. The molecule has 2 aromatic rings. The van der Waals surface area contributed by atoms with Gasteiger partial charge >= 0.3 is 0 Å². The second-order valence-electron chi connectivity index (χ2n) is 3.98. The van der Waals surface area contributed by atoms with E-state index in [-0.39, 0.29) is 6.04 Å². The Hall–Kier alpha value is -2.16. The van der Waals surface area contributed by atoms with Crippen LogP contribution in [0.1, 0.15) is 24.1 Å². The maximum absolute atomic E-state index is 5.33. The smallest absolute Gasteiger partial charge is 0.124 e. The van der Waals surface area contributed by atoms with Crippen LogP contribution in [0.2, 0.25) is 0 Å². The second-order valence-corrected chi connectivity index (χ2v) is 3.98. The predicted octanol–water partition coefficient (Wildman–Crippen LogP) is 3.27. The van der Waals surface area contributed by atoms with Crippen LogP contribution in [0, 0.1) is 0 Å². The summed E-state index contributed by atoms with van der Waals surface area (Å²) in [5, 5.41) is 0. The number of rotatable bonds is 4. The molecule has 0 spiro atoms. The molecule has 1 heterocycles. The van der Waals surface area contributed by atoms with Gasteiger partial charge in [0.25, 0.3) is 0 Å². The Morgan fingerprint density at radius 1 is 1.17 bits per heavy atom. The van der Waals surface area contributed by atoms with Gasteiger partial charge in [0.15, 0.2) is 0 Å². The lowest BCUT2D eigenvalue weighted by Crippen LogP contribution is -1.95. The van der Waals surface area contributed by atoms with E-state index >= 15 is 0 Å². The molecule has 2 rings (SSSR count). The zero-order chi connectivity index (χ0) is 12.8. The van der Waals surface area contributed by atoms with Crippen LogP contribution < -0.4 is 4.74 Å². The van der Waals surface area contributed by atoms with E-state index in [1.807, 2.05) is 42.6 Å². The zero-order valence-electron chi connectivity index (χ0n) is 10.6. The highest BCUT2D eigenvalue weighted by Crippen LogP contribution is 2.26. The van der Waals surface area contributed by atoms with Gasteiger partial charge in [0.05, 0.1) is 13.2 Å². The molecule has 0 saturated heterocycles. The lowest BCUT2D eigenvalue weighted by Gasteiger charge is -2.11. The van der Waals surface area contributed by atoms with Gasteiger partial charge in [-0.2, -0.15) is 0 Å². The van der Waals surface area contributed by atoms with Gasteiger partial charge in [-0.3, -0.25) is 9.98 Å². The van der Waals surface area contributed by atoms with Crippen molar-refractivity contribution in [2.24, 2.45) is 4.99 Å². The quantitative estimate of drug-likeness (QED) is 0.769. The van der Waals surface area contributed by atoms with Gasteiger partial charge in [0.1, 0.15) is 5.75 Å². The first-order valence-electron chi connectivity index (χ1n) is 5.87. The molecule has 18 heavy (non-hydrogen) atoms. The average molecular weight is 240 g/mol. The molecule has 1 aromatic carbocycles. The molecule has 1 aromatic heterocycles. The van der Waals surface area contributed by atoms with Crippen molar-refractivity contribution in [1.82, 2.24) is 4.98 Å². The molecule has 0 aliphatic rings. The van der Waals surface area contributed by atoms with E-state index < -0.39 is 0 Å². The van der Waals surface area contributed by atoms with Crippen molar-refractivity contribution in [3.63, 3.8) is 0 Å². The molecule has 0 saturated carbocycles. The number of benzene rings is 1. The Bertz CT molecular complexity index is 523. The van der Waals surface area contributed by atoms with Crippen LogP contribution in [0.3, 0.4) is 0 Å². The third-order valence-electron chi connectivity index (χ3n) is 2.74. The van der Waals surface area contributed by atoms with Gasteiger partial charge < -0.3 is 4.74 Å². The van der Waals surface area contributed by atoms with Gasteiger partial charge in [-0.25, -0.2) is 0 Å². The van der Waals surface area contributed by atoms with Crippen LogP contribution in [0.15, 0.2) is 53.8 Å². The summed E-state index contributed by atoms with van der Waals surface area (Å²) in [4.78, 5) is 8.52. The fourth-order valence-electron chi connectivity index (χ4n) is 1.74. The number of methoxy groups -OCH3 is 1. The van der Waals surface area contributed by atoms with Gasteiger partial charge in [0, 0.05) is 24.2 Å². The number of pyridine rings is 1.